The Kier molecular flexibility index (Phi) is 8.14. The number of aryl methyl sites for hydroxylation is 1. The predicted molar refractivity (Wildman–Crippen MR) is 152 cm³/mol. The number of anilines is 1. The molecule has 0 radical (unpaired) electrons. The molecule has 1 aromatic heterocycles. The molecule has 0 amide bonds. The molecule has 3 aromatic rings. The van der Waals surface area contributed by atoms with Crippen LogP contribution >= 0.6 is 0 Å². The van der Waals surface area contributed by atoms with Crippen molar-refractivity contribution < 1.29 is 0 Å². The van der Waals surface area contributed by atoms with Crippen LogP contribution in [0.4, 0.5) is 5.69 Å². The van der Waals surface area contributed by atoms with Crippen molar-refractivity contribution in [1.29, 1.82) is 5.41 Å². The fourth-order valence-electron chi connectivity index (χ4n) is 5.58. The highest BCUT2D eigenvalue weighted by molar-refractivity contribution is 5.96. The maximum atomic E-state index is 13.8. The summed E-state index contributed by atoms with van der Waals surface area (Å²) in [7, 11) is 4.04. The molecule has 0 spiro atoms. The largest absolute Gasteiger partial charge is 0.384 e. The van der Waals surface area contributed by atoms with E-state index in [9.17, 15) is 4.79 Å². The van der Waals surface area contributed by atoms with Gasteiger partial charge in [0.2, 0.25) is 0 Å². The summed E-state index contributed by atoms with van der Waals surface area (Å²) in [6.45, 7) is 6.55. The van der Waals surface area contributed by atoms with Crippen LogP contribution in [0.3, 0.4) is 0 Å². The average Bonchev–Trinajstić information content (AvgIpc) is 2.86. The van der Waals surface area contributed by atoms with Gasteiger partial charge >= 0.3 is 0 Å². The van der Waals surface area contributed by atoms with Crippen LogP contribution in [0.25, 0.3) is 22.0 Å². The van der Waals surface area contributed by atoms with Crippen LogP contribution in [0, 0.1) is 5.41 Å². The van der Waals surface area contributed by atoms with Crippen molar-refractivity contribution in [3.63, 3.8) is 0 Å². The first-order valence-corrected chi connectivity index (χ1v) is 13.3. The number of benzene rings is 2. The van der Waals surface area contributed by atoms with E-state index in [0.29, 0.717) is 29.8 Å². The summed E-state index contributed by atoms with van der Waals surface area (Å²) in [6, 6.07) is 17.1. The minimum Gasteiger partial charge on any atom is -0.384 e. The zero-order valence-electron chi connectivity index (χ0n) is 22.3. The Bertz CT molecular complexity index is 1270. The zero-order chi connectivity index (χ0) is 25.8. The van der Waals surface area contributed by atoms with E-state index in [-0.39, 0.29) is 11.4 Å². The van der Waals surface area contributed by atoms with Crippen molar-refractivity contribution in [3.8, 4) is 11.1 Å². The number of nitrogen functional groups attached to an aromatic ring is 1. The number of hydrogen-bond acceptors (Lipinski definition) is 4. The summed E-state index contributed by atoms with van der Waals surface area (Å²) in [5, 5.41) is 8.84. The summed E-state index contributed by atoms with van der Waals surface area (Å²) in [5.74, 6) is 0.00549. The first kappa shape index (κ1) is 26.0. The number of amidine groups is 1. The molecule has 4 rings (SSSR count). The lowest BCUT2D eigenvalue weighted by Gasteiger charge is -2.39. The lowest BCUT2D eigenvalue weighted by molar-refractivity contribution is 0.101. The number of unbranched alkanes of at least 4 members (excludes halogenated alkanes) is 2. The molecule has 1 aliphatic rings. The smallest absolute Gasteiger partial charge is 0.258 e. The predicted octanol–water partition coefficient (Wildman–Crippen LogP) is 5.45. The van der Waals surface area contributed by atoms with Crippen molar-refractivity contribution in [1.82, 2.24) is 9.47 Å². The number of pyridine rings is 1. The van der Waals surface area contributed by atoms with Gasteiger partial charge in [0.1, 0.15) is 5.84 Å². The molecule has 2 atom stereocenters. The summed E-state index contributed by atoms with van der Waals surface area (Å²) in [6.07, 6.45) is 7.17. The maximum absolute atomic E-state index is 13.8. The first-order chi connectivity index (χ1) is 17.3. The molecule has 0 saturated carbocycles. The van der Waals surface area contributed by atoms with Crippen LogP contribution < -0.4 is 16.2 Å². The minimum absolute atomic E-state index is 0.00549. The van der Waals surface area contributed by atoms with Crippen LogP contribution in [0.15, 0.2) is 53.3 Å². The third-order valence-electron chi connectivity index (χ3n) is 7.76. The molecule has 3 N–H and O–H groups in total. The van der Waals surface area contributed by atoms with Gasteiger partial charge in [-0.25, -0.2) is 0 Å². The number of hydrogen-bond donors (Lipinski definition) is 2. The fourth-order valence-corrected chi connectivity index (χ4v) is 5.58. The molecule has 0 unspecified atom stereocenters. The van der Waals surface area contributed by atoms with Crippen molar-refractivity contribution in [2.75, 3.05) is 25.5 Å². The van der Waals surface area contributed by atoms with Gasteiger partial charge in [0.15, 0.2) is 0 Å². The standard InChI is InChI=1S/C30H41N5O/c1-21-10-8-11-22(2)34(21)16-6-5-7-17-35-28-20-26(33(3)4)15-14-24(28)19-27(30(35)36)23-12-9-13-25(18-23)29(31)32/h9,12-15,18-22H,5-8,10-11,16-17H2,1-4H3,(H3,31,32)/t21-,22+. The second-order valence-electron chi connectivity index (χ2n) is 10.6. The molecule has 6 heteroatoms. The quantitative estimate of drug-likeness (QED) is 0.239. The van der Waals surface area contributed by atoms with E-state index in [1.807, 2.05) is 42.9 Å². The van der Waals surface area contributed by atoms with Crippen LogP contribution in [-0.4, -0.2) is 48.0 Å². The Labute approximate surface area is 215 Å². The van der Waals surface area contributed by atoms with Crippen molar-refractivity contribution in [2.24, 2.45) is 5.73 Å². The summed E-state index contributed by atoms with van der Waals surface area (Å²) < 4.78 is 1.95. The Morgan fingerprint density at radius 2 is 1.72 bits per heavy atom. The van der Waals surface area contributed by atoms with E-state index < -0.39 is 0 Å². The van der Waals surface area contributed by atoms with Gasteiger partial charge in [-0.3, -0.25) is 15.1 Å². The number of fused-ring (bicyclic) bond motifs is 1. The molecular weight excluding hydrogens is 446 g/mol. The van der Waals surface area contributed by atoms with Gasteiger partial charge in [-0.15, -0.1) is 0 Å². The number of rotatable bonds is 9. The minimum atomic E-state index is 0.00549. The van der Waals surface area contributed by atoms with E-state index in [1.54, 1.807) is 6.07 Å². The zero-order valence-corrected chi connectivity index (χ0v) is 22.3. The molecule has 36 heavy (non-hydrogen) atoms. The monoisotopic (exact) mass is 487 g/mol. The molecule has 6 nitrogen and oxygen atoms in total. The Morgan fingerprint density at radius 1 is 1.00 bits per heavy atom. The summed E-state index contributed by atoms with van der Waals surface area (Å²) in [5.41, 5.74) is 9.86. The molecule has 1 saturated heterocycles. The molecule has 0 aliphatic carbocycles. The molecule has 1 aliphatic heterocycles. The van der Waals surface area contributed by atoms with Crippen molar-refractivity contribution in [3.05, 3.63) is 64.4 Å². The van der Waals surface area contributed by atoms with Crippen molar-refractivity contribution >= 4 is 22.4 Å². The molecule has 192 valence electrons. The van der Waals surface area contributed by atoms with Gasteiger partial charge in [0.05, 0.1) is 5.52 Å². The van der Waals surface area contributed by atoms with E-state index in [0.717, 1.165) is 48.0 Å². The fraction of sp³-hybridized carbons (Fsp3) is 0.467. The lowest BCUT2D eigenvalue weighted by atomic mass is 9.97. The SMILES string of the molecule is C[C@@H]1CCC[C@H](C)N1CCCCCn1c(=O)c(-c2cccc(C(=N)N)c2)cc2ccc(N(C)C)cc21. The molecule has 0 bridgehead atoms. The van der Waals surface area contributed by atoms with Gasteiger partial charge in [0.25, 0.3) is 5.56 Å². The van der Waals surface area contributed by atoms with Gasteiger partial charge in [-0.05, 0) is 81.3 Å². The van der Waals surface area contributed by atoms with Gasteiger partial charge < -0.3 is 15.2 Å². The van der Waals surface area contributed by atoms with E-state index in [2.05, 4.69) is 41.8 Å². The number of piperidine rings is 1. The highest BCUT2D eigenvalue weighted by atomic mass is 16.1. The van der Waals surface area contributed by atoms with E-state index in [1.165, 1.54) is 19.3 Å². The molecule has 1 fully saturated rings. The van der Waals surface area contributed by atoms with Crippen LogP contribution in [0.2, 0.25) is 0 Å². The third-order valence-corrected chi connectivity index (χ3v) is 7.76. The molecular formula is C30H41N5O. The third kappa shape index (κ3) is 5.65. The van der Waals surface area contributed by atoms with Crippen molar-refractivity contribution in [2.45, 2.75) is 71.0 Å². The van der Waals surface area contributed by atoms with Gasteiger partial charge in [0, 0.05) is 49.5 Å². The highest BCUT2D eigenvalue weighted by Gasteiger charge is 2.23. The molecule has 2 aromatic carbocycles. The average molecular weight is 488 g/mol. The number of aromatic nitrogens is 1. The summed E-state index contributed by atoms with van der Waals surface area (Å²) >= 11 is 0. The lowest BCUT2D eigenvalue weighted by Crippen LogP contribution is -2.44. The maximum Gasteiger partial charge on any atom is 0.258 e. The number of nitrogens with zero attached hydrogens (tertiary/aromatic N) is 3. The van der Waals surface area contributed by atoms with Crippen LogP contribution in [0.5, 0.6) is 0 Å². The van der Waals surface area contributed by atoms with E-state index >= 15 is 0 Å². The first-order valence-electron chi connectivity index (χ1n) is 13.3. The molecule has 2 heterocycles. The second kappa shape index (κ2) is 11.3. The Morgan fingerprint density at radius 3 is 2.42 bits per heavy atom. The Hall–Kier alpha value is -3.12. The number of nitrogens with one attached hydrogen (secondary N) is 1. The number of likely N-dealkylation sites (tertiary alicyclic amines) is 1. The van der Waals surface area contributed by atoms with Crippen LogP contribution in [0.1, 0.15) is 57.9 Å². The highest BCUT2D eigenvalue weighted by Crippen LogP contribution is 2.26. The summed E-state index contributed by atoms with van der Waals surface area (Å²) in [4.78, 5) is 18.5. The van der Waals surface area contributed by atoms with Gasteiger partial charge in [-0.1, -0.05) is 37.1 Å². The normalized spacial score (nSPS) is 18.4. The topological polar surface area (TPSA) is 78.3 Å². The number of nitrogens with two attached hydrogens (primary N) is 1. The Balaban J connectivity index is 1.60. The van der Waals surface area contributed by atoms with Gasteiger partial charge in [-0.2, -0.15) is 0 Å². The van der Waals surface area contributed by atoms with E-state index in [4.69, 9.17) is 11.1 Å². The van der Waals surface area contributed by atoms with Crippen LogP contribution in [-0.2, 0) is 6.54 Å². The second-order valence-corrected chi connectivity index (χ2v) is 10.6.